The van der Waals surface area contributed by atoms with Crippen molar-refractivity contribution in [3.63, 3.8) is 0 Å². The second kappa shape index (κ2) is 25.5. The molecule has 15 aromatic carbocycles. The van der Waals surface area contributed by atoms with E-state index in [9.17, 15) is 0 Å². The van der Waals surface area contributed by atoms with Crippen LogP contribution in [0.2, 0.25) is 0 Å². The molecule has 16 aromatic rings. The number of benzene rings is 15. The summed E-state index contributed by atoms with van der Waals surface area (Å²) in [5, 5.41) is 2.45. The van der Waals surface area contributed by atoms with Crippen LogP contribution in [0.1, 0.15) is 69.5 Å². The van der Waals surface area contributed by atoms with Gasteiger partial charge in [0.25, 0.3) is 13.4 Å². The Labute approximate surface area is 647 Å². The van der Waals surface area contributed by atoms with Crippen LogP contribution in [0.4, 0.5) is 62.6 Å². The minimum Gasteiger partial charge on any atom is -0.340 e. The molecule has 4 aliphatic heterocycles. The van der Waals surface area contributed by atoms with E-state index in [0.29, 0.717) is 0 Å². The van der Waals surface area contributed by atoms with Crippen molar-refractivity contribution in [2.45, 2.75) is 89.1 Å². The summed E-state index contributed by atoms with van der Waals surface area (Å²) < 4.78 is 2.58. The normalized spacial score (nSPS) is 13.1. The van der Waals surface area contributed by atoms with Crippen molar-refractivity contribution >= 4 is 131 Å². The van der Waals surface area contributed by atoms with Crippen LogP contribution >= 0.6 is 0 Å². The first-order valence-corrected chi connectivity index (χ1v) is 39.1. The minimum absolute atomic E-state index is 0.0159. The highest BCUT2D eigenvalue weighted by atomic mass is 15.2. The Kier molecular flexibility index (Phi) is 15.5. The lowest BCUT2D eigenvalue weighted by atomic mass is 9.30. The van der Waals surface area contributed by atoms with Gasteiger partial charge in [0.1, 0.15) is 0 Å². The van der Waals surface area contributed by atoms with Crippen LogP contribution in [0.5, 0.6) is 0 Å². The summed E-state index contributed by atoms with van der Waals surface area (Å²) in [5.74, 6) is 0. The number of anilines is 11. The maximum absolute atomic E-state index is 2.71. The van der Waals surface area contributed by atoms with Crippen LogP contribution < -0.4 is 52.4 Å². The molecule has 0 aliphatic carbocycles. The first kappa shape index (κ1) is 66.8. The Morgan fingerprint density at radius 3 is 1.08 bits per heavy atom. The number of hydrogen-bond donors (Lipinski definition) is 0. The second-order valence-corrected chi connectivity index (χ2v) is 31.8. The quantitative estimate of drug-likeness (QED) is 0.127. The summed E-state index contributed by atoms with van der Waals surface area (Å²) in [6, 6.07) is 112. The molecule has 528 valence electrons. The van der Waals surface area contributed by atoms with Crippen LogP contribution in [0, 0.1) is 69.2 Å². The van der Waals surface area contributed by atoms with Crippen molar-refractivity contribution in [3.8, 4) is 61.3 Å². The number of fused-ring (bicyclic) bond motifs is 11. The van der Waals surface area contributed by atoms with Crippen LogP contribution in [-0.4, -0.2) is 24.0 Å². The third-order valence-corrected chi connectivity index (χ3v) is 24.7. The highest BCUT2D eigenvalue weighted by molar-refractivity contribution is 7.03. The molecule has 0 radical (unpaired) electrons. The molecular weight excluding hydrogens is 1330 g/mol. The molecule has 1 aromatic heterocycles. The highest BCUT2D eigenvalue weighted by Gasteiger charge is 2.49. The molecule has 0 fully saturated rings. The average Bonchev–Trinajstić information content (AvgIpc) is 0.761. The van der Waals surface area contributed by atoms with E-state index in [1.165, 1.54) is 211 Å². The lowest BCUT2D eigenvalue weighted by molar-refractivity contribution is 0.790. The fraction of sp³-hybridized carbons (Fsp3) is 0.126. The summed E-state index contributed by atoms with van der Waals surface area (Å²) in [4.78, 5) is 10.6. The van der Waals surface area contributed by atoms with Crippen LogP contribution in [-0.2, 0) is 0 Å². The van der Waals surface area contributed by atoms with Gasteiger partial charge in [-0.1, -0.05) is 188 Å². The standard InChI is InChI=1S/C103H85B2N5/c1-61(2)106-91-60-92-86(105-84-48-45-75(100-68(9)33-24-34-69(100)10)54-90(84)109(79-42-26-37-72(51-79)97-62(3)27-21-28-63(97)4)94-56-76(101-70(11)35-25-36-71(101)12)55-93(102(94)105)108(92)78-40-17-14-18-41-78)59-85(91)104-83-43-19-20-44-89(83)107(77-38-15-13-16-39-77)96-58-80(57-95(106)103(96)104)110-87-49-46-73(98-64(5)29-22-30-65(98)6)52-81(87)82-53-74(47-50-88(82)110)99-66(7)31-23-32-67(99)8/h13-61H,1-12H3. The Morgan fingerprint density at radius 1 is 0.227 bits per heavy atom. The zero-order valence-electron chi connectivity index (χ0n) is 64.7. The van der Waals surface area contributed by atoms with Crippen LogP contribution in [0.3, 0.4) is 0 Å². The number of nitrogens with zero attached hydrogens (tertiary/aromatic N) is 5. The predicted octanol–water partition coefficient (Wildman–Crippen LogP) is 23.4. The molecule has 110 heavy (non-hydrogen) atoms. The molecule has 5 heterocycles. The summed E-state index contributed by atoms with van der Waals surface area (Å²) in [7, 11) is 0. The predicted molar refractivity (Wildman–Crippen MR) is 472 cm³/mol. The van der Waals surface area contributed by atoms with Gasteiger partial charge in [0.2, 0.25) is 0 Å². The molecule has 5 nitrogen and oxygen atoms in total. The first-order valence-electron chi connectivity index (χ1n) is 39.1. The smallest absolute Gasteiger partial charge is 0.252 e. The van der Waals surface area contributed by atoms with E-state index >= 15 is 0 Å². The van der Waals surface area contributed by atoms with E-state index in [-0.39, 0.29) is 19.5 Å². The molecular formula is C103H85B2N5. The number of rotatable bonds is 10. The summed E-state index contributed by atoms with van der Waals surface area (Å²) in [5.41, 5.74) is 49.1. The van der Waals surface area contributed by atoms with Crippen molar-refractivity contribution in [1.82, 2.24) is 4.57 Å². The zero-order valence-corrected chi connectivity index (χ0v) is 64.7. The molecule has 0 saturated carbocycles. The van der Waals surface area contributed by atoms with E-state index in [4.69, 9.17) is 0 Å². The minimum atomic E-state index is -0.191. The zero-order chi connectivity index (χ0) is 74.8. The van der Waals surface area contributed by atoms with Crippen molar-refractivity contribution < 1.29 is 0 Å². The summed E-state index contributed by atoms with van der Waals surface area (Å²) in [6.45, 7) is 27.1. The molecule has 20 rings (SSSR count). The molecule has 4 aliphatic rings. The fourth-order valence-electron chi connectivity index (χ4n) is 20.2. The van der Waals surface area contributed by atoms with E-state index < -0.39 is 0 Å². The van der Waals surface area contributed by atoms with E-state index in [1.54, 1.807) is 0 Å². The molecule has 0 saturated heterocycles. The average molecular weight is 1410 g/mol. The van der Waals surface area contributed by atoms with Crippen LogP contribution in [0.25, 0.3) is 83.1 Å². The fourth-order valence-corrected chi connectivity index (χ4v) is 20.2. The molecule has 0 N–H and O–H groups in total. The van der Waals surface area contributed by atoms with Crippen LogP contribution in [0.15, 0.2) is 291 Å². The van der Waals surface area contributed by atoms with Gasteiger partial charge in [-0.15, -0.1) is 0 Å². The molecule has 7 heteroatoms. The van der Waals surface area contributed by atoms with Crippen molar-refractivity contribution in [3.05, 3.63) is 347 Å². The van der Waals surface area contributed by atoms with E-state index in [2.05, 4.69) is 398 Å². The van der Waals surface area contributed by atoms with Crippen molar-refractivity contribution in [2.75, 3.05) is 19.6 Å². The number of aryl methyl sites for hydroxylation is 10. The Hall–Kier alpha value is -12.6. The molecule has 0 spiro atoms. The van der Waals surface area contributed by atoms with E-state index in [1.807, 2.05) is 0 Å². The highest BCUT2D eigenvalue weighted by Crippen LogP contribution is 2.52. The van der Waals surface area contributed by atoms with Crippen molar-refractivity contribution in [1.29, 1.82) is 0 Å². The van der Waals surface area contributed by atoms with Gasteiger partial charge in [0.15, 0.2) is 0 Å². The van der Waals surface area contributed by atoms with Gasteiger partial charge in [0.05, 0.1) is 16.7 Å². The van der Waals surface area contributed by atoms with Crippen molar-refractivity contribution in [2.24, 2.45) is 0 Å². The van der Waals surface area contributed by atoms with Gasteiger partial charge in [-0.05, 0) is 330 Å². The Morgan fingerprint density at radius 2 is 0.582 bits per heavy atom. The largest absolute Gasteiger partial charge is 0.340 e. The topological polar surface area (TPSA) is 17.9 Å². The van der Waals surface area contributed by atoms with Gasteiger partial charge in [0, 0.05) is 79.4 Å². The Bertz CT molecular complexity index is 6350. The maximum atomic E-state index is 2.71. The second-order valence-electron chi connectivity index (χ2n) is 31.8. The Balaban J connectivity index is 0.886. The van der Waals surface area contributed by atoms with E-state index in [0.717, 1.165) is 22.7 Å². The van der Waals surface area contributed by atoms with Gasteiger partial charge >= 0.3 is 0 Å². The SMILES string of the molecule is Cc1cccc(C)c1-c1cccc(N2c3cc(-c4c(C)cccc4C)ccc3B3c4cc5c(cc4N(c4ccccc4)c4cc(-c6c(C)cccc6C)cc2c43)N(C(C)C)c2cc(-n3c4ccc(-c6c(C)cccc6C)cc4c4cc(-c6c(C)cccc6C)ccc43)cc3c2B5c2ccccc2N3c2ccccc2)c1. The maximum Gasteiger partial charge on any atom is 0.252 e. The number of para-hydroxylation sites is 3. The first-order chi connectivity index (χ1) is 53.6. The van der Waals surface area contributed by atoms with Gasteiger partial charge in [-0.3, -0.25) is 0 Å². The molecule has 0 atom stereocenters. The van der Waals surface area contributed by atoms with Gasteiger partial charge in [-0.25, -0.2) is 0 Å². The van der Waals surface area contributed by atoms with Gasteiger partial charge < -0.3 is 24.2 Å². The third-order valence-electron chi connectivity index (χ3n) is 24.7. The van der Waals surface area contributed by atoms with Gasteiger partial charge in [-0.2, -0.15) is 0 Å². The number of aromatic nitrogens is 1. The summed E-state index contributed by atoms with van der Waals surface area (Å²) in [6.07, 6.45) is 0. The lowest BCUT2D eigenvalue weighted by Crippen LogP contribution is -2.66. The molecule has 0 unspecified atom stereocenters. The molecule has 0 bridgehead atoms. The monoisotopic (exact) mass is 1410 g/mol. The lowest BCUT2D eigenvalue weighted by Gasteiger charge is -2.48. The number of hydrogen-bond acceptors (Lipinski definition) is 4. The molecule has 0 amide bonds. The third kappa shape index (κ3) is 10.2. The summed E-state index contributed by atoms with van der Waals surface area (Å²) >= 11 is 0.